The lowest BCUT2D eigenvalue weighted by molar-refractivity contribution is 0.138. The van der Waals surface area contributed by atoms with Crippen LogP contribution >= 0.6 is 0 Å². The summed E-state index contributed by atoms with van der Waals surface area (Å²) in [7, 11) is 0. The van der Waals surface area contributed by atoms with Crippen molar-refractivity contribution < 1.29 is 19.1 Å². The molecule has 0 aliphatic carbocycles. The maximum Gasteiger partial charge on any atom is 0.407 e. The van der Waals surface area contributed by atoms with Crippen molar-refractivity contribution in [2.24, 2.45) is 0 Å². The first-order chi connectivity index (χ1) is 14.7. The van der Waals surface area contributed by atoms with Gasteiger partial charge in [0.05, 0.1) is 13.2 Å². The Balaban J connectivity index is 1.27. The van der Waals surface area contributed by atoms with Gasteiger partial charge in [0.1, 0.15) is 0 Å². The van der Waals surface area contributed by atoms with Gasteiger partial charge in [0.2, 0.25) is 0 Å². The summed E-state index contributed by atoms with van der Waals surface area (Å²) in [5.74, 6) is 0. The molecule has 0 atom stereocenters. The molecule has 2 saturated heterocycles. The summed E-state index contributed by atoms with van der Waals surface area (Å²) in [6.07, 6.45) is 10.2. The quantitative estimate of drug-likeness (QED) is 0.392. The van der Waals surface area contributed by atoms with Gasteiger partial charge >= 0.3 is 12.2 Å². The highest BCUT2D eigenvalue weighted by atomic mass is 16.6. The number of ether oxygens (including phenoxy) is 2. The van der Waals surface area contributed by atoms with Crippen molar-refractivity contribution in [3.63, 3.8) is 0 Å². The van der Waals surface area contributed by atoms with Gasteiger partial charge in [-0.05, 0) is 77.5 Å². The summed E-state index contributed by atoms with van der Waals surface area (Å²) in [5, 5.41) is 5.60. The van der Waals surface area contributed by atoms with E-state index >= 15 is 0 Å². The van der Waals surface area contributed by atoms with Crippen LogP contribution < -0.4 is 10.6 Å². The number of carbonyl (C=O) groups is 2. The van der Waals surface area contributed by atoms with E-state index in [9.17, 15) is 9.59 Å². The molecule has 2 amide bonds. The van der Waals surface area contributed by atoms with Crippen molar-refractivity contribution in [2.45, 2.75) is 64.2 Å². The zero-order chi connectivity index (χ0) is 21.3. The van der Waals surface area contributed by atoms with Crippen molar-refractivity contribution in [1.82, 2.24) is 20.4 Å². The normalized spacial score (nSPS) is 17.2. The number of nitrogens with zero attached hydrogens (tertiary/aromatic N) is 2. The van der Waals surface area contributed by atoms with E-state index in [-0.39, 0.29) is 12.2 Å². The second-order valence-electron chi connectivity index (χ2n) is 8.34. The Hall–Kier alpha value is -1.54. The Kier molecular flexibility index (Phi) is 13.3. The summed E-state index contributed by atoms with van der Waals surface area (Å²) in [4.78, 5) is 28.1. The topological polar surface area (TPSA) is 83.1 Å². The lowest BCUT2D eigenvalue weighted by Gasteiger charge is -2.14. The fraction of sp³-hybridized carbons (Fsp3) is 0.909. The van der Waals surface area contributed by atoms with Crippen LogP contribution in [0.25, 0.3) is 0 Å². The van der Waals surface area contributed by atoms with Gasteiger partial charge in [-0.1, -0.05) is 12.8 Å². The van der Waals surface area contributed by atoms with Crippen LogP contribution in [0, 0.1) is 0 Å². The summed E-state index contributed by atoms with van der Waals surface area (Å²) < 4.78 is 10.4. The van der Waals surface area contributed by atoms with E-state index < -0.39 is 0 Å². The van der Waals surface area contributed by atoms with Crippen molar-refractivity contribution in [3.8, 4) is 0 Å². The number of rotatable bonds is 15. The van der Waals surface area contributed by atoms with Crippen molar-refractivity contribution in [1.29, 1.82) is 0 Å². The minimum atomic E-state index is -0.314. The van der Waals surface area contributed by atoms with E-state index in [0.29, 0.717) is 26.3 Å². The lowest BCUT2D eigenvalue weighted by atomic mass is 10.2. The van der Waals surface area contributed by atoms with Crippen molar-refractivity contribution in [3.05, 3.63) is 0 Å². The van der Waals surface area contributed by atoms with Gasteiger partial charge < -0.3 is 29.9 Å². The minimum absolute atomic E-state index is 0.314. The van der Waals surface area contributed by atoms with Crippen LogP contribution in [0.4, 0.5) is 9.59 Å². The molecule has 174 valence electrons. The first kappa shape index (κ1) is 24.7. The fourth-order valence-corrected chi connectivity index (χ4v) is 4.01. The third-order valence-corrected chi connectivity index (χ3v) is 5.74. The molecule has 0 saturated carbocycles. The van der Waals surface area contributed by atoms with Gasteiger partial charge in [0.15, 0.2) is 0 Å². The van der Waals surface area contributed by atoms with Crippen LogP contribution in [-0.2, 0) is 9.47 Å². The SMILES string of the molecule is O=C(NCCCCCCNC(=O)OCCCN1CCCC1)OCCCN1CCCC1. The molecule has 8 nitrogen and oxygen atoms in total. The molecule has 0 radical (unpaired) electrons. The number of unbranched alkanes of at least 4 members (excludes halogenated alkanes) is 3. The monoisotopic (exact) mass is 426 g/mol. The maximum absolute atomic E-state index is 11.6. The number of hydrogen-bond donors (Lipinski definition) is 2. The predicted octanol–water partition coefficient (Wildman–Crippen LogP) is 2.97. The van der Waals surface area contributed by atoms with Gasteiger partial charge in [-0.15, -0.1) is 0 Å². The lowest BCUT2D eigenvalue weighted by Crippen LogP contribution is -2.27. The van der Waals surface area contributed by atoms with Crippen LogP contribution in [0.5, 0.6) is 0 Å². The van der Waals surface area contributed by atoms with E-state index in [2.05, 4.69) is 20.4 Å². The van der Waals surface area contributed by atoms with E-state index in [4.69, 9.17) is 9.47 Å². The highest BCUT2D eigenvalue weighted by Crippen LogP contribution is 2.08. The van der Waals surface area contributed by atoms with Gasteiger partial charge in [0.25, 0.3) is 0 Å². The number of likely N-dealkylation sites (tertiary alicyclic amines) is 2. The van der Waals surface area contributed by atoms with Gasteiger partial charge in [-0.25, -0.2) is 9.59 Å². The van der Waals surface area contributed by atoms with E-state index in [1.165, 1.54) is 51.9 Å². The first-order valence-corrected chi connectivity index (χ1v) is 12.0. The smallest absolute Gasteiger partial charge is 0.407 e. The molecule has 2 N–H and O–H groups in total. The molecule has 2 rings (SSSR count). The molecule has 0 bridgehead atoms. The molecule has 0 unspecified atom stereocenters. The summed E-state index contributed by atoms with van der Waals surface area (Å²) in [5.41, 5.74) is 0. The maximum atomic E-state index is 11.6. The van der Waals surface area contributed by atoms with Crippen LogP contribution in [0.2, 0.25) is 0 Å². The molecule has 8 heteroatoms. The summed E-state index contributed by atoms with van der Waals surface area (Å²) in [6.45, 7) is 9.02. The van der Waals surface area contributed by atoms with Crippen LogP contribution in [0.1, 0.15) is 64.2 Å². The number of amides is 2. The standard InChI is InChI=1S/C22H42N4O4/c27-21(29-19-9-17-25-13-5-6-14-25)23-11-3-1-2-4-12-24-22(28)30-20-10-18-26-15-7-8-16-26/h1-20H2,(H,23,27)(H,24,28). The van der Waals surface area contributed by atoms with Gasteiger partial charge in [-0.3, -0.25) is 0 Å². The molecular weight excluding hydrogens is 384 g/mol. The van der Waals surface area contributed by atoms with E-state index in [1.807, 2.05) is 0 Å². The first-order valence-electron chi connectivity index (χ1n) is 12.0. The van der Waals surface area contributed by atoms with Gasteiger partial charge in [0, 0.05) is 26.2 Å². The third kappa shape index (κ3) is 12.2. The number of carbonyl (C=O) groups excluding carboxylic acids is 2. The fourth-order valence-electron chi connectivity index (χ4n) is 4.01. The Morgan fingerprint density at radius 2 is 1.00 bits per heavy atom. The zero-order valence-corrected chi connectivity index (χ0v) is 18.7. The highest BCUT2D eigenvalue weighted by molar-refractivity contribution is 5.67. The van der Waals surface area contributed by atoms with Crippen LogP contribution in [0.3, 0.4) is 0 Å². The Morgan fingerprint density at radius 3 is 1.40 bits per heavy atom. The largest absolute Gasteiger partial charge is 0.450 e. The van der Waals surface area contributed by atoms with Crippen LogP contribution in [0.15, 0.2) is 0 Å². The van der Waals surface area contributed by atoms with Crippen LogP contribution in [-0.4, -0.2) is 87.6 Å². The summed E-state index contributed by atoms with van der Waals surface area (Å²) >= 11 is 0. The molecule has 2 fully saturated rings. The molecule has 0 aromatic heterocycles. The predicted molar refractivity (Wildman–Crippen MR) is 118 cm³/mol. The number of alkyl carbamates (subject to hydrolysis) is 2. The molecule has 0 aromatic carbocycles. The third-order valence-electron chi connectivity index (χ3n) is 5.74. The molecule has 0 aromatic rings. The molecule has 2 heterocycles. The highest BCUT2D eigenvalue weighted by Gasteiger charge is 2.11. The molecule has 2 aliphatic rings. The average Bonchev–Trinajstić information content (AvgIpc) is 3.45. The van der Waals surface area contributed by atoms with Gasteiger partial charge in [-0.2, -0.15) is 0 Å². The van der Waals surface area contributed by atoms with Crippen molar-refractivity contribution >= 4 is 12.2 Å². The minimum Gasteiger partial charge on any atom is -0.450 e. The number of nitrogens with one attached hydrogen (secondary N) is 2. The zero-order valence-electron chi connectivity index (χ0n) is 18.7. The van der Waals surface area contributed by atoms with E-state index in [0.717, 1.165) is 51.6 Å². The molecular formula is C22H42N4O4. The Bertz CT molecular complexity index is 424. The van der Waals surface area contributed by atoms with E-state index in [1.54, 1.807) is 0 Å². The molecule has 0 spiro atoms. The second kappa shape index (κ2) is 16.2. The molecule has 30 heavy (non-hydrogen) atoms. The summed E-state index contributed by atoms with van der Waals surface area (Å²) in [6, 6.07) is 0. The average molecular weight is 427 g/mol. The number of hydrogen-bond acceptors (Lipinski definition) is 6. The Morgan fingerprint density at radius 1 is 0.600 bits per heavy atom. The second-order valence-corrected chi connectivity index (χ2v) is 8.34. The Labute approximate surface area is 182 Å². The molecule has 2 aliphatic heterocycles. The van der Waals surface area contributed by atoms with Crippen molar-refractivity contribution in [2.75, 3.05) is 65.6 Å².